The van der Waals surface area contributed by atoms with Gasteiger partial charge in [-0.2, -0.15) is 0 Å². The minimum atomic E-state index is -0.759. The van der Waals surface area contributed by atoms with Crippen LogP contribution in [0.5, 0.6) is 5.75 Å². The van der Waals surface area contributed by atoms with Gasteiger partial charge in [-0.05, 0) is 24.1 Å². The van der Waals surface area contributed by atoms with E-state index >= 15 is 0 Å². The van der Waals surface area contributed by atoms with Crippen LogP contribution in [0.25, 0.3) is 0 Å². The molecule has 88 valence electrons. The van der Waals surface area contributed by atoms with Gasteiger partial charge in [0.1, 0.15) is 5.75 Å². The Bertz CT molecular complexity index is 335. The zero-order valence-corrected chi connectivity index (χ0v) is 10.2. The van der Waals surface area contributed by atoms with E-state index in [1.807, 2.05) is 6.92 Å². The molecule has 0 aromatic heterocycles. The first-order valence-corrected chi connectivity index (χ1v) is 5.57. The first kappa shape index (κ1) is 12.8. The molecule has 0 aliphatic rings. The number of carbonyl (C=O) groups excluding carboxylic acids is 1. The van der Waals surface area contributed by atoms with Crippen LogP contribution in [0.2, 0.25) is 0 Å². The minimum absolute atomic E-state index is 0.455. The van der Waals surface area contributed by atoms with Crippen LogP contribution in [0, 0.1) is 0 Å². The van der Waals surface area contributed by atoms with Crippen molar-refractivity contribution in [2.24, 2.45) is 0 Å². The van der Waals surface area contributed by atoms with Gasteiger partial charge in [0.25, 0.3) is 0 Å². The first-order chi connectivity index (χ1) is 7.69. The van der Waals surface area contributed by atoms with Gasteiger partial charge in [-0.1, -0.05) is 19.1 Å². The summed E-state index contributed by atoms with van der Waals surface area (Å²) in [6, 6.07) is 7.12. The Labute approximate surface area is 100 Å². The van der Waals surface area contributed by atoms with E-state index in [1.165, 1.54) is 7.11 Å². The SMILES string of the molecule is CCCOc1ccc(C(Cl)C(=O)OC)cc1. The lowest BCUT2D eigenvalue weighted by atomic mass is 10.1. The fourth-order valence-electron chi connectivity index (χ4n) is 1.19. The molecule has 1 rings (SSSR count). The lowest BCUT2D eigenvalue weighted by Gasteiger charge is -2.09. The Hall–Kier alpha value is -1.22. The summed E-state index contributed by atoms with van der Waals surface area (Å²) in [5.74, 6) is 0.322. The van der Waals surface area contributed by atoms with E-state index in [0.717, 1.165) is 12.2 Å². The van der Waals surface area contributed by atoms with Crippen LogP contribution in [0.15, 0.2) is 24.3 Å². The summed E-state index contributed by atoms with van der Waals surface area (Å²) >= 11 is 5.90. The molecule has 0 saturated heterocycles. The second-order valence-electron chi connectivity index (χ2n) is 3.30. The Kier molecular flexibility index (Phi) is 5.12. The summed E-state index contributed by atoms with van der Waals surface area (Å²) in [5.41, 5.74) is 0.706. The highest BCUT2D eigenvalue weighted by molar-refractivity contribution is 6.29. The molecule has 0 aliphatic carbocycles. The molecule has 0 heterocycles. The molecule has 1 aromatic carbocycles. The first-order valence-electron chi connectivity index (χ1n) is 5.13. The fourth-order valence-corrected chi connectivity index (χ4v) is 1.43. The topological polar surface area (TPSA) is 35.5 Å². The van der Waals surface area contributed by atoms with Gasteiger partial charge < -0.3 is 9.47 Å². The van der Waals surface area contributed by atoms with Crippen molar-refractivity contribution in [3.63, 3.8) is 0 Å². The van der Waals surface area contributed by atoms with Crippen LogP contribution in [0.4, 0.5) is 0 Å². The maximum Gasteiger partial charge on any atom is 0.328 e. The molecule has 1 aromatic rings. The lowest BCUT2D eigenvalue weighted by molar-refractivity contribution is -0.140. The van der Waals surface area contributed by atoms with Gasteiger partial charge in [0.15, 0.2) is 5.38 Å². The molecule has 3 nitrogen and oxygen atoms in total. The van der Waals surface area contributed by atoms with Gasteiger partial charge in [0.2, 0.25) is 0 Å². The van der Waals surface area contributed by atoms with Crippen molar-refractivity contribution in [3.05, 3.63) is 29.8 Å². The van der Waals surface area contributed by atoms with Crippen molar-refractivity contribution in [1.29, 1.82) is 0 Å². The van der Waals surface area contributed by atoms with E-state index in [1.54, 1.807) is 24.3 Å². The summed E-state index contributed by atoms with van der Waals surface area (Å²) < 4.78 is 9.98. The molecule has 4 heteroatoms. The van der Waals surface area contributed by atoms with Crippen molar-refractivity contribution in [1.82, 2.24) is 0 Å². The normalized spacial score (nSPS) is 11.9. The zero-order chi connectivity index (χ0) is 12.0. The van der Waals surface area contributed by atoms with Crippen LogP contribution < -0.4 is 4.74 Å². The molecule has 1 unspecified atom stereocenters. The standard InChI is InChI=1S/C12H15ClO3/c1-3-8-16-10-6-4-9(5-7-10)11(13)12(14)15-2/h4-7,11H,3,8H2,1-2H3. The number of alkyl halides is 1. The third-order valence-electron chi connectivity index (χ3n) is 2.05. The number of esters is 1. The molecule has 0 spiro atoms. The van der Waals surface area contributed by atoms with Gasteiger partial charge in [-0.25, -0.2) is 0 Å². The van der Waals surface area contributed by atoms with Crippen LogP contribution in [-0.2, 0) is 9.53 Å². The number of carbonyl (C=O) groups is 1. The smallest absolute Gasteiger partial charge is 0.328 e. The average Bonchev–Trinajstić information content (AvgIpc) is 2.35. The van der Waals surface area contributed by atoms with Gasteiger partial charge in [-0.3, -0.25) is 4.79 Å². The predicted molar refractivity (Wildman–Crippen MR) is 62.8 cm³/mol. The highest BCUT2D eigenvalue weighted by Crippen LogP contribution is 2.24. The summed E-state index contributed by atoms with van der Waals surface area (Å²) in [7, 11) is 1.32. The fraction of sp³-hybridized carbons (Fsp3) is 0.417. The zero-order valence-electron chi connectivity index (χ0n) is 9.40. The van der Waals surface area contributed by atoms with E-state index < -0.39 is 11.3 Å². The molecule has 0 amide bonds. The van der Waals surface area contributed by atoms with E-state index in [0.29, 0.717) is 12.2 Å². The number of rotatable bonds is 5. The highest BCUT2D eigenvalue weighted by Gasteiger charge is 2.17. The number of benzene rings is 1. The lowest BCUT2D eigenvalue weighted by Crippen LogP contribution is -2.08. The molecule has 0 saturated carbocycles. The Balaban J connectivity index is 2.67. The predicted octanol–water partition coefficient (Wildman–Crippen LogP) is 2.93. The van der Waals surface area contributed by atoms with Crippen molar-refractivity contribution < 1.29 is 14.3 Å². The van der Waals surface area contributed by atoms with Gasteiger partial charge in [0.05, 0.1) is 13.7 Å². The van der Waals surface area contributed by atoms with Crippen LogP contribution >= 0.6 is 11.6 Å². The van der Waals surface area contributed by atoms with Crippen molar-refractivity contribution in [2.45, 2.75) is 18.7 Å². The van der Waals surface area contributed by atoms with Crippen molar-refractivity contribution >= 4 is 17.6 Å². The molecule has 0 bridgehead atoms. The number of halogens is 1. The van der Waals surface area contributed by atoms with Crippen LogP contribution in [0.3, 0.4) is 0 Å². The molecule has 0 aliphatic heterocycles. The molecular weight excluding hydrogens is 228 g/mol. The van der Waals surface area contributed by atoms with E-state index in [-0.39, 0.29) is 0 Å². The Morgan fingerprint density at radius 2 is 2.00 bits per heavy atom. The molecule has 16 heavy (non-hydrogen) atoms. The highest BCUT2D eigenvalue weighted by atomic mass is 35.5. The summed E-state index contributed by atoms with van der Waals surface area (Å²) in [6.45, 7) is 2.72. The van der Waals surface area contributed by atoms with E-state index in [4.69, 9.17) is 16.3 Å². The number of ether oxygens (including phenoxy) is 2. The number of hydrogen-bond acceptors (Lipinski definition) is 3. The second kappa shape index (κ2) is 6.38. The molecule has 0 N–H and O–H groups in total. The second-order valence-corrected chi connectivity index (χ2v) is 3.74. The maximum absolute atomic E-state index is 11.2. The Morgan fingerprint density at radius 1 is 1.38 bits per heavy atom. The maximum atomic E-state index is 11.2. The summed E-state index contributed by atoms with van der Waals surface area (Å²) in [5, 5.41) is -0.759. The largest absolute Gasteiger partial charge is 0.494 e. The van der Waals surface area contributed by atoms with Gasteiger partial charge >= 0.3 is 5.97 Å². The minimum Gasteiger partial charge on any atom is -0.494 e. The monoisotopic (exact) mass is 242 g/mol. The van der Waals surface area contributed by atoms with Gasteiger partial charge in [-0.15, -0.1) is 11.6 Å². The van der Waals surface area contributed by atoms with Crippen molar-refractivity contribution in [3.8, 4) is 5.75 Å². The van der Waals surface area contributed by atoms with Gasteiger partial charge in [0, 0.05) is 0 Å². The van der Waals surface area contributed by atoms with Crippen molar-refractivity contribution in [2.75, 3.05) is 13.7 Å². The molecular formula is C12H15ClO3. The third kappa shape index (κ3) is 3.42. The average molecular weight is 243 g/mol. The molecule has 0 fully saturated rings. The van der Waals surface area contributed by atoms with Crippen LogP contribution in [-0.4, -0.2) is 19.7 Å². The third-order valence-corrected chi connectivity index (χ3v) is 2.48. The summed E-state index contributed by atoms with van der Waals surface area (Å²) in [4.78, 5) is 11.2. The van der Waals surface area contributed by atoms with E-state index in [2.05, 4.69) is 4.74 Å². The van der Waals surface area contributed by atoms with E-state index in [9.17, 15) is 4.79 Å². The number of methoxy groups -OCH3 is 1. The van der Waals surface area contributed by atoms with Crippen LogP contribution in [0.1, 0.15) is 24.3 Å². The summed E-state index contributed by atoms with van der Waals surface area (Å²) in [6.07, 6.45) is 0.960. The molecule has 0 radical (unpaired) electrons. The molecule has 1 atom stereocenters. The quantitative estimate of drug-likeness (QED) is 0.588. The number of hydrogen-bond donors (Lipinski definition) is 0. The Morgan fingerprint density at radius 3 is 2.50 bits per heavy atom.